The standard InChI is InChI=1S/C27H32N4O2/c1-20(2)13-25-19-30(18-22-8-6-7-21(14-22)15-26(32)33)11-12-31(25)27-28-16-24(17-29-27)23-9-4-3-5-10-23/h3-10,14,16-17,20,25H,11-13,15,18-19H2,1-2H3,(H,32,33)/t25-/m1/s1. The lowest BCUT2D eigenvalue weighted by Gasteiger charge is -2.42. The van der Waals surface area contributed by atoms with Crippen molar-refractivity contribution in [3.8, 4) is 11.1 Å². The smallest absolute Gasteiger partial charge is 0.307 e. The van der Waals surface area contributed by atoms with Gasteiger partial charge in [0.25, 0.3) is 0 Å². The van der Waals surface area contributed by atoms with Gasteiger partial charge in [0.1, 0.15) is 0 Å². The van der Waals surface area contributed by atoms with Gasteiger partial charge in [-0.25, -0.2) is 9.97 Å². The molecule has 0 amide bonds. The number of carboxylic acid groups (broad SMARTS) is 1. The van der Waals surface area contributed by atoms with Gasteiger partial charge in [-0.1, -0.05) is 68.4 Å². The van der Waals surface area contributed by atoms with Gasteiger partial charge in [0.05, 0.1) is 6.42 Å². The number of aliphatic carboxylic acids is 1. The Morgan fingerprint density at radius 1 is 1.00 bits per heavy atom. The van der Waals surface area contributed by atoms with E-state index < -0.39 is 5.97 Å². The van der Waals surface area contributed by atoms with Crippen LogP contribution in [0.3, 0.4) is 0 Å². The van der Waals surface area contributed by atoms with Crippen LogP contribution in [0.25, 0.3) is 11.1 Å². The molecular weight excluding hydrogens is 412 g/mol. The Labute approximate surface area is 195 Å². The molecule has 2 heterocycles. The minimum absolute atomic E-state index is 0.0634. The van der Waals surface area contributed by atoms with Crippen molar-refractivity contribution in [2.45, 2.75) is 39.3 Å². The number of carbonyl (C=O) groups is 1. The SMILES string of the molecule is CC(C)C[C@@H]1CN(Cc2cccc(CC(=O)O)c2)CCN1c1ncc(-c2ccccc2)cn1. The van der Waals surface area contributed by atoms with Crippen molar-refractivity contribution in [3.63, 3.8) is 0 Å². The molecule has 2 aromatic carbocycles. The van der Waals surface area contributed by atoms with E-state index in [0.29, 0.717) is 12.0 Å². The third-order valence-electron chi connectivity index (χ3n) is 6.07. The second-order valence-electron chi connectivity index (χ2n) is 9.24. The fraction of sp³-hybridized carbons (Fsp3) is 0.370. The lowest BCUT2D eigenvalue weighted by atomic mass is 9.99. The van der Waals surface area contributed by atoms with E-state index in [2.05, 4.69) is 41.8 Å². The Morgan fingerprint density at radius 2 is 1.73 bits per heavy atom. The number of rotatable bonds is 8. The number of carboxylic acids is 1. The predicted molar refractivity (Wildman–Crippen MR) is 131 cm³/mol. The largest absolute Gasteiger partial charge is 0.481 e. The zero-order chi connectivity index (χ0) is 23.2. The molecule has 1 saturated heterocycles. The van der Waals surface area contributed by atoms with Crippen LogP contribution in [0.1, 0.15) is 31.4 Å². The van der Waals surface area contributed by atoms with Crippen LogP contribution in [-0.4, -0.2) is 51.6 Å². The van der Waals surface area contributed by atoms with E-state index in [1.54, 1.807) is 0 Å². The molecule has 0 aliphatic carbocycles. The highest BCUT2D eigenvalue weighted by atomic mass is 16.4. The second-order valence-corrected chi connectivity index (χ2v) is 9.24. The van der Waals surface area contributed by atoms with Crippen LogP contribution in [0.5, 0.6) is 0 Å². The molecule has 1 aromatic heterocycles. The minimum atomic E-state index is -0.795. The average molecular weight is 445 g/mol. The number of anilines is 1. The van der Waals surface area contributed by atoms with E-state index in [1.807, 2.05) is 48.8 Å². The summed E-state index contributed by atoms with van der Waals surface area (Å²) in [6.45, 7) is 8.06. The fourth-order valence-corrected chi connectivity index (χ4v) is 4.59. The quantitative estimate of drug-likeness (QED) is 0.551. The summed E-state index contributed by atoms with van der Waals surface area (Å²) >= 11 is 0. The van der Waals surface area contributed by atoms with E-state index in [0.717, 1.165) is 60.8 Å². The van der Waals surface area contributed by atoms with Gasteiger partial charge in [-0.3, -0.25) is 9.69 Å². The van der Waals surface area contributed by atoms with Gasteiger partial charge in [-0.2, -0.15) is 0 Å². The Balaban J connectivity index is 1.46. The van der Waals surface area contributed by atoms with Crippen LogP contribution < -0.4 is 4.90 Å². The van der Waals surface area contributed by atoms with Crippen LogP contribution in [0.4, 0.5) is 5.95 Å². The van der Waals surface area contributed by atoms with Crippen molar-refractivity contribution in [2.75, 3.05) is 24.5 Å². The van der Waals surface area contributed by atoms with Crippen LogP contribution in [0.2, 0.25) is 0 Å². The predicted octanol–water partition coefficient (Wildman–Crippen LogP) is 4.51. The topological polar surface area (TPSA) is 69.6 Å². The van der Waals surface area contributed by atoms with Crippen LogP contribution in [-0.2, 0) is 17.8 Å². The van der Waals surface area contributed by atoms with Crippen molar-refractivity contribution in [2.24, 2.45) is 5.92 Å². The molecule has 1 N–H and O–H groups in total. The van der Waals surface area contributed by atoms with E-state index >= 15 is 0 Å². The van der Waals surface area contributed by atoms with E-state index in [1.165, 1.54) is 0 Å². The number of aromatic nitrogens is 2. The summed E-state index contributed by atoms with van der Waals surface area (Å²) in [4.78, 5) is 25.3. The summed E-state index contributed by atoms with van der Waals surface area (Å²) in [6, 6.07) is 18.5. The fourth-order valence-electron chi connectivity index (χ4n) is 4.59. The molecule has 1 aliphatic heterocycles. The zero-order valence-electron chi connectivity index (χ0n) is 19.4. The molecule has 33 heavy (non-hydrogen) atoms. The second kappa shape index (κ2) is 10.6. The lowest BCUT2D eigenvalue weighted by Crippen LogP contribution is -2.54. The first-order valence-electron chi connectivity index (χ1n) is 11.6. The summed E-state index contributed by atoms with van der Waals surface area (Å²) in [5.74, 6) is 0.569. The summed E-state index contributed by atoms with van der Waals surface area (Å²) in [5.41, 5.74) is 4.16. The first-order valence-corrected chi connectivity index (χ1v) is 11.6. The van der Waals surface area contributed by atoms with Gasteiger partial charge in [-0.15, -0.1) is 0 Å². The maximum Gasteiger partial charge on any atom is 0.307 e. The van der Waals surface area contributed by atoms with Crippen molar-refractivity contribution >= 4 is 11.9 Å². The highest BCUT2D eigenvalue weighted by molar-refractivity contribution is 5.70. The number of piperazine rings is 1. The van der Waals surface area contributed by atoms with Crippen molar-refractivity contribution < 1.29 is 9.90 Å². The Hall–Kier alpha value is -3.25. The van der Waals surface area contributed by atoms with Gasteiger partial charge < -0.3 is 10.0 Å². The highest BCUT2D eigenvalue weighted by Crippen LogP contribution is 2.25. The Bertz CT molecular complexity index is 1050. The molecule has 0 radical (unpaired) electrons. The van der Waals surface area contributed by atoms with Crippen LogP contribution >= 0.6 is 0 Å². The molecule has 1 fully saturated rings. The number of benzene rings is 2. The van der Waals surface area contributed by atoms with Crippen LogP contribution in [0, 0.1) is 5.92 Å². The highest BCUT2D eigenvalue weighted by Gasteiger charge is 2.29. The van der Waals surface area contributed by atoms with Crippen molar-refractivity contribution in [1.29, 1.82) is 0 Å². The van der Waals surface area contributed by atoms with Crippen molar-refractivity contribution in [1.82, 2.24) is 14.9 Å². The monoisotopic (exact) mass is 444 g/mol. The minimum Gasteiger partial charge on any atom is -0.481 e. The van der Waals surface area contributed by atoms with Gasteiger partial charge in [0.2, 0.25) is 5.95 Å². The molecule has 1 atom stereocenters. The third kappa shape index (κ3) is 6.17. The van der Waals surface area contributed by atoms with Crippen molar-refractivity contribution in [3.05, 3.63) is 78.1 Å². The van der Waals surface area contributed by atoms with E-state index in [9.17, 15) is 4.79 Å². The maximum absolute atomic E-state index is 11.1. The maximum atomic E-state index is 11.1. The van der Waals surface area contributed by atoms with Gasteiger partial charge >= 0.3 is 5.97 Å². The molecule has 0 bridgehead atoms. The summed E-state index contributed by atoms with van der Waals surface area (Å²) in [7, 11) is 0. The normalized spacial score (nSPS) is 16.8. The summed E-state index contributed by atoms with van der Waals surface area (Å²) in [5, 5.41) is 9.09. The molecular formula is C27H32N4O2. The van der Waals surface area contributed by atoms with Gasteiger partial charge in [0, 0.05) is 50.2 Å². The number of nitrogens with zero attached hydrogens (tertiary/aromatic N) is 4. The summed E-state index contributed by atoms with van der Waals surface area (Å²) in [6.07, 6.45) is 4.97. The van der Waals surface area contributed by atoms with E-state index in [-0.39, 0.29) is 6.42 Å². The molecule has 172 valence electrons. The van der Waals surface area contributed by atoms with E-state index in [4.69, 9.17) is 15.1 Å². The number of hydrogen-bond acceptors (Lipinski definition) is 5. The van der Waals surface area contributed by atoms with Gasteiger partial charge in [0.15, 0.2) is 0 Å². The third-order valence-corrected chi connectivity index (χ3v) is 6.07. The first-order chi connectivity index (χ1) is 16.0. The molecule has 4 rings (SSSR count). The summed E-state index contributed by atoms with van der Waals surface area (Å²) < 4.78 is 0. The first kappa shape index (κ1) is 22.9. The average Bonchev–Trinajstić information content (AvgIpc) is 2.79. The Kier molecular flexibility index (Phi) is 7.35. The molecule has 0 saturated carbocycles. The van der Waals surface area contributed by atoms with Gasteiger partial charge in [-0.05, 0) is 29.0 Å². The number of hydrogen-bond donors (Lipinski definition) is 1. The molecule has 3 aromatic rings. The Morgan fingerprint density at radius 3 is 2.42 bits per heavy atom. The molecule has 1 aliphatic rings. The lowest BCUT2D eigenvalue weighted by molar-refractivity contribution is -0.136. The van der Waals surface area contributed by atoms with Crippen LogP contribution in [0.15, 0.2) is 67.0 Å². The molecule has 6 heteroatoms. The molecule has 0 unspecified atom stereocenters. The molecule has 6 nitrogen and oxygen atoms in total. The molecule has 0 spiro atoms. The zero-order valence-corrected chi connectivity index (χ0v) is 19.4.